The van der Waals surface area contributed by atoms with Gasteiger partial charge < -0.3 is 14.9 Å². The van der Waals surface area contributed by atoms with Gasteiger partial charge in [0.15, 0.2) is 0 Å². The molecule has 0 radical (unpaired) electrons. The summed E-state index contributed by atoms with van der Waals surface area (Å²) in [6.07, 6.45) is 3.73. The van der Waals surface area contributed by atoms with E-state index in [0.29, 0.717) is 12.6 Å². The number of imidazole rings is 1. The molecule has 6 heteroatoms. The smallest absolute Gasteiger partial charge is 0.414 e. The van der Waals surface area contributed by atoms with Crippen LogP contribution in [-0.2, 0) is 6.54 Å². The van der Waals surface area contributed by atoms with Crippen LogP contribution in [0, 0.1) is 10.1 Å². The topological polar surface area (TPSA) is 70.2 Å². The van der Waals surface area contributed by atoms with Gasteiger partial charge in [0.1, 0.15) is 12.3 Å². The molecule has 0 aliphatic carbocycles. The monoisotopic (exact) mass is 195 g/mol. The number of aryl methyl sites for hydroxylation is 1. The van der Waals surface area contributed by atoms with Crippen molar-refractivity contribution in [2.75, 3.05) is 0 Å². The van der Waals surface area contributed by atoms with E-state index in [-0.39, 0.29) is 11.9 Å². The van der Waals surface area contributed by atoms with Crippen LogP contribution in [0.4, 0.5) is 5.82 Å². The second kappa shape index (κ2) is 3.13. The van der Waals surface area contributed by atoms with Gasteiger partial charge in [0, 0.05) is 17.9 Å². The van der Waals surface area contributed by atoms with Gasteiger partial charge in [0.05, 0.1) is 0 Å². The first-order valence-electron chi connectivity index (χ1n) is 4.21. The van der Waals surface area contributed by atoms with Gasteiger partial charge >= 0.3 is 11.8 Å². The molecule has 2 heterocycles. The fraction of sp³-hybridized carbons (Fsp3) is 0.375. The van der Waals surface area contributed by atoms with Crippen LogP contribution in [0.25, 0.3) is 0 Å². The minimum Gasteiger partial charge on any atom is -0.438 e. The molecule has 1 aromatic rings. The van der Waals surface area contributed by atoms with E-state index in [1.807, 2.05) is 0 Å². The van der Waals surface area contributed by atoms with Gasteiger partial charge in [-0.1, -0.05) is 12.7 Å². The zero-order valence-corrected chi connectivity index (χ0v) is 7.42. The second-order valence-corrected chi connectivity index (χ2v) is 3.01. The molecule has 0 saturated heterocycles. The Morgan fingerprint density at radius 3 is 3.29 bits per heavy atom. The van der Waals surface area contributed by atoms with E-state index in [1.165, 1.54) is 6.20 Å². The average molecular weight is 195 g/mol. The van der Waals surface area contributed by atoms with Crippen molar-refractivity contribution in [3.8, 4) is 6.01 Å². The molecule has 1 atom stereocenters. The zero-order valence-electron chi connectivity index (χ0n) is 7.42. The predicted molar refractivity (Wildman–Crippen MR) is 48.1 cm³/mol. The van der Waals surface area contributed by atoms with E-state index in [2.05, 4.69) is 11.6 Å². The molecule has 14 heavy (non-hydrogen) atoms. The van der Waals surface area contributed by atoms with E-state index in [0.717, 1.165) is 6.42 Å². The standard InChI is InChI=1S/C8H9N3O3/c1-2-6-3-4-10-5-7(11(12)13)9-8(10)14-6/h2,5-6H,1,3-4H2. The third-order valence-electron chi connectivity index (χ3n) is 2.09. The Bertz CT molecular complexity index is 385. The summed E-state index contributed by atoms with van der Waals surface area (Å²) >= 11 is 0. The summed E-state index contributed by atoms with van der Waals surface area (Å²) in [7, 11) is 0. The lowest BCUT2D eigenvalue weighted by atomic mass is 10.2. The largest absolute Gasteiger partial charge is 0.438 e. The molecule has 1 aliphatic heterocycles. The van der Waals surface area contributed by atoms with Crippen LogP contribution in [0.5, 0.6) is 6.01 Å². The van der Waals surface area contributed by atoms with E-state index < -0.39 is 4.92 Å². The van der Waals surface area contributed by atoms with Crippen LogP contribution in [0.3, 0.4) is 0 Å². The molecule has 2 rings (SSSR count). The second-order valence-electron chi connectivity index (χ2n) is 3.01. The third kappa shape index (κ3) is 1.34. The van der Waals surface area contributed by atoms with E-state index in [1.54, 1.807) is 10.6 Å². The van der Waals surface area contributed by atoms with Crippen molar-refractivity contribution in [3.05, 3.63) is 29.0 Å². The first-order valence-corrected chi connectivity index (χ1v) is 4.21. The lowest BCUT2D eigenvalue weighted by molar-refractivity contribution is -0.389. The molecule has 0 fully saturated rings. The van der Waals surface area contributed by atoms with Gasteiger partial charge in [-0.2, -0.15) is 0 Å². The molecule has 0 spiro atoms. The van der Waals surface area contributed by atoms with E-state index in [4.69, 9.17) is 4.74 Å². The first kappa shape index (κ1) is 8.74. The highest BCUT2D eigenvalue weighted by molar-refractivity contribution is 5.21. The number of aromatic nitrogens is 2. The molecule has 1 unspecified atom stereocenters. The SMILES string of the molecule is C=CC1CCn2cc([N+](=O)[O-])nc2O1. The van der Waals surface area contributed by atoms with Crippen molar-refractivity contribution < 1.29 is 9.66 Å². The average Bonchev–Trinajstić information content (AvgIpc) is 2.59. The van der Waals surface area contributed by atoms with Crippen molar-refractivity contribution in [2.45, 2.75) is 19.1 Å². The molecular weight excluding hydrogens is 186 g/mol. The highest BCUT2D eigenvalue weighted by atomic mass is 16.6. The number of fused-ring (bicyclic) bond motifs is 1. The Labute approximate surface area is 80.0 Å². The van der Waals surface area contributed by atoms with Crippen LogP contribution in [0.2, 0.25) is 0 Å². The Hall–Kier alpha value is -1.85. The van der Waals surface area contributed by atoms with Crippen LogP contribution < -0.4 is 4.74 Å². The maximum absolute atomic E-state index is 10.4. The van der Waals surface area contributed by atoms with Crippen molar-refractivity contribution >= 4 is 5.82 Å². The van der Waals surface area contributed by atoms with Gasteiger partial charge in [-0.15, -0.1) is 0 Å². The molecule has 0 aromatic carbocycles. The number of hydrogen-bond donors (Lipinski definition) is 0. The highest BCUT2D eigenvalue weighted by Crippen LogP contribution is 2.24. The maximum Gasteiger partial charge on any atom is 0.414 e. The highest BCUT2D eigenvalue weighted by Gasteiger charge is 2.26. The zero-order chi connectivity index (χ0) is 10.1. The summed E-state index contributed by atoms with van der Waals surface area (Å²) in [4.78, 5) is 13.6. The molecule has 1 aromatic heterocycles. The molecule has 74 valence electrons. The predicted octanol–water partition coefficient (Wildman–Crippen LogP) is 1.13. The van der Waals surface area contributed by atoms with Gasteiger partial charge in [-0.05, 0) is 4.92 Å². The number of rotatable bonds is 2. The van der Waals surface area contributed by atoms with Crippen molar-refractivity contribution in [1.29, 1.82) is 0 Å². The molecule has 6 nitrogen and oxygen atoms in total. The number of ether oxygens (including phenoxy) is 1. The van der Waals surface area contributed by atoms with E-state index in [9.17, 15) is 10.1 Å². The quantitative estimate of drug-likeness (QED) is 0.403. The Kier molecular flexibility index (Phi) is 1.95. The van der Waals surface area contributed by atoms with Crippen LogP contribution >= 0.6 is 0 Å². The molecular formula is C8H9N3O3. The Balaban J connectivity index is 2.29. The Morgan fingerprint density at radius 2 is 2.64 bits per heavy atom. The summed E-state index contributed by atoms with van der Waals surface area (Å²) in [6.45, 7) is 4.28. The number of hydrogen-bond acceptors (Lipinski definition) is 4. The first-order chi connectivity index (χ1) is 6.70. The molecule has 1 aliphatic rings. The van der Waals surface area contributed by atoms with Crippen LogP contribution in [0.1, 0.15) is 6.42 Å². The lowest BCUT2D eigenvalue weighted by Crippen LogP contribution is -2.23. The van der Waals surface area contributed by atoms with Crippen LogP contribution in [0.15, 0.2) is 18.9 Å². The fourth-order valence-corrected chi connectivity index (χ4v) is 1.35. The summed E-state index contributed by atoms with van der Waals surface area (Å²) in [6, 6.07) is 0.299. The third-order valence-corrected chi connectivity index (χ3v) is 2.09. The van der Waals surface area contributed by atoms with Crippen molar-refractivity contribution in [1.82, 2.24) is 9.55 Å². The van der Waals surface area contributed by atoms with Gasteiger partial charge in [0.2, 0.25) is 0 Å². The molecule has 0 N–H and O–H groups in total. The summed E-state index contributed by atoms with van der Waals surface area (Å²) in [5.41, 5.74) is 0. The normalized spacial score (nSPS) is 19.6. The van der Waals surface area contributed by atoms with Crippen molar-refractivity contribution in [2.24, 2.45) is 0 Å². The van der Waals surface area contributed by atoms with Crippen molar-refractivity contribution in [3.63, 3.8) is 0 Å². The minimum atomic E-state index is -0.530. The lowest BCUT2D eigenvalue weighted by Gasteiger charge is -2.18. The van der Waals surface area contributed by atoms with E-state index >= 15 is 0 Å². The summed E-state index contributed by atoms with van der Waals surface area (Å²) in [5.74, 6) is -0.176. The van der Waals surface area contributed by atoms with Gasteiger partial charge in [-0.3, -0.25) is 4.57 Å². The summed E-state index contributed by atoms with van der Waals surface area (Å²) in [5, 5.41) is 10.4. The van der Waals surface area contributed by atoms with Gasteiger partial charge in [-0.25, -0.2) is 0 Å². The Morgan fingerprint density at radius 1 is 1.86 bits per heavy atom. The fourth-order valence-electron chi connectivity index (χ4n) is 1.35. The molecule has 0 saturated carbocycles. The number of nitro groups is 1. The summed E-state index contributed by atoms with van der Waals surface area (Å²) < 4.78 is 6.98. The maximum atomic E-state index is 10.4. The molecule has 0 bridgehead atoms. The molecule has 0 amide bonds. The minimum absolute atomic E-state index is 0.0931. The van der Waals surface area contributed by atoms with Crippen LogP contribution in [-0.4, -0.2) is 20.6 Å². The number of nitrogens with zero attached hydrogens (tertiary/aromatic N) is 3. The van der Waals surface area contributed by atoms with Gasteiger partial charge in [0.25, 0.3) is 0 Å².